The molecule has 0 aliphatic carbocycles. The average Bonchev–Trinajstić information content (AvgIpc) is 2.67. The highest BCUT2D eigenvalue weighted by Crippen LogP contribution is 2.01. The van der Waals surface area contributed by atoms with Crippen molar-refractivity contribution in [1.29, 1.82) is 0 Å². The highest BCUT2D eigenvalue weighted by Gasteiger charge is 2.11. The van der Waals surface area contributed by atoms with Gasteiger partial charge in [-0.3, -0.25) is 4.79 Å². The van der Waals surface area contributed by atoms with Crippen LogP contribution >= 0.6 is 0 Å². The van der Waals surface area contributed by atoms with Gasteiger partial charge in [0, 0.05) is 19.3 Å². The van der Waals surface area contributed by atoms with Gasteiger partial charge in [0.2, 0.25) is 5.82 Å². The number of nitrogens with zero attached hydrogens (tertiary/aromatic N) is 5. The van der Waals surface area contributed by atoms with Gasteiger partial charge in [-0.1, -0.05) is 0 Å². The molecule has 2 aromatic rings. The van der Waals surface area contributed by atoms with E-state index in [0.717, 1.165) is 0 Å². The molecule has 0 saturated heterocycles. The fourth-order valence-corrected chi connectivity index (χ4v) is 1.03. The topological polar surface area (TPSA) is 73.6 Å². The van der Waals surface area contributed by atoms with Crippen molar-refractivity contribution in [3.63, 3.8) is 0 Å². The van der Waals surface area contributed by atoms with Crippen LogP contribution < -0.4 is 0 Å². The maximum atomic E-state index is 11.1. The molecule has 2 rings (SSSR count). The van der Waals surface area contributed by atoms with Crippen molar-refractivity contribution in [2.24, 2.45) is 0 Å². The van der Waals surface area contributed by atoms with Crippen LogP contribution in [0.2, 0.25) is 0 Å². The summed E-state index contributed by atoms with van der Waals surface area (Å²) in [5.41, 5.74) is 0. The lowest BCUT2D eigenvalue weighted by molar-refractivity contribution is 0.100. The number of carbonyl (C=O) groups is 1. The highest BCUT2D eigenvalue weighted by atomic mass is 16.1. The largest absolute Gasteiger partial charge is 0.291 e. The van der Waals surface area contributed by atoms with Crippen molar-refractivity contribution in [2.75, 3.05) is 0 Å². The van der Waals surface area contributed by atoms with Crippen LogP contribution in [0.4, 0.5) is 0 Å². The summed E-state index contributed by atoms with van der Waals surface area (Å²) in [5.74, 6) is 0.404. The number of Topliss-reactive ketones (excluding diaryl/α,β-unsaturated/α-hetero) is 1. The van der Waals surface area contributed by atoms with Crippen LogP contribution in [0.3, 0.4) is 0 Å². The summed E-state index contributed by atoms with van der Waals surface area (Å²) >= 11 is 0. The zero-order valence-corrected chi connectivity index (χ0v) is 7.45. The van der Waals surface area contributed by atoms with Gasteiger partial charge in [-0.2, -0.15) is 9.78 Å². The Bertz CT molecular complexity index is 450. The number of rotatable bonds is 2. The van der Waals surface area contributed by atoms with Crippen molar-refractivity contribution >= 4 is 5.78 Å². The van der Waals surface area contributed by atoms with Gasteiger partial charge in [-0.25, -0.2) is 15.0 Å². The number of ketones is 1. The second-order valence-corrected chi connectivity index (χ2v) is 2.60. The quantitative estimate of drug-likeness (QED) is 0.633. The summed E-state index contributed by atoms with van der Waals surface area (Å²) in [4.78, 5) is 22.9. The van der Waals surface area contributed by atoms with E-state index in [-0.39, 0.29) is 11.6 Å². The van der Waals surface area contributed by atoms with Crippen LogP contribution in [-0.2, 0) is 0 Å². The number of hydrogen-bond acceptors (Lipinski definition) is 5. The molecule has 0 bridgehead atoms. The first-order valence-electron chi connectivity index (χ1n) is 3.97. The zero-order chi connectivity index (χ0) is 9.97. The van der Waals surface area contributed by atoms with E-state index in [1.807, 2.05) is 0 Å². The molecule has 14 heavy (non-hydrogen) atoms. The molecule has 0 radical (unpaired) electrons. The summed E-state index contributed by atoms with van der Waals surface area (Å²) in [6.07, 6.45) is 4.45. The van der Waals surface area contributed by atoms with Gasteiger partial charge in [0.1, 0.15) is 6.33 Å². The number of hydrogen-bond donors (Lipinski definition) is 0. The van der Waals surface area contributed by atoms with Gasteiger partial charge in [0.25, 0.3) is 5.95 Å². The molecule has 2 heterocycles. The monoisotopic (exact) mass is 189 g/mol. The van der Waals surface area contributed by atoms with Crippen molar-refractivity contribution < 1.29 is 4.79 Å². The number of carbonyl (C=O) groups excluding carboxylic acids is 1. The van der Waals surface area contributed by atoms with E-state index in [4.69, 9.17) is 0 Å². The van der Waals surface area contributed by atoms with Gasteiger partial charge in [-0.05, 0) is 6.07 Å². The van der Waals surface area contributed by atoms with Gasteiger partial charge < -0.3 is 0 Å². The Morgan fingerprint density at radius 1 is 1.29 bits per heavy atom. The average molecular weight is 189 g/mol. The summed E-state index contributed by atoms with van der Waals surface area (Å²) < 4.78 is 1.31. The molecule has 70 valence electrons. The predicted octanol–water partition coefficient (Wildman–Crippen LogP) is 0.260. The standard InChI is InChI=1S/C8H7N5O/c1-6(14)7-11-5-12-13(7)8-9-3-2-4-10-8/h2-5H,1H3. The molecule has 0 aromatic carbocycles. The third-order valence-corrected chi connectivity index (χ3v) is 1.60. The van der Waals surface area contributed by atoms with Crippen LogP contribution in [-0.4, -0.2) is 30.5 Å². The molecule has 0 aliphatic rings. The van der Waals surface area contributed by atoms with Crippen molar-refractivity contribution in [1.82, 2.24) is 24.7 Å². The third kappa shape index (κ3) is 1.37. The normalized spacial score (nSPS) is 10.1. The summed E-state index contributed by atoms with van der Waals surface area (Å²) in [6.45, 7) is 1.42. The lowest BCUT2D eigenvalue weighted by Gasteiger charge is -1.99. The second-order valence-electron chi connectivity index (χ2n) is 2.60. The molecule has 0 N–H and O–H groups in total. The van der Waals surface area contributed by atoms with Crippen molar-refractivity contribution in [3.8, 4) is 5.95 Å². The second kappa shape index (κ2) is 3.33. The third-order valence-electron chi connectivity index (χ3n) is 1.60. The van der Waals surface area contributed by atoms with Crippen molar-refractivity contribution in [2.45, 2.75) is 6.92 Å². The zero-order valence-electron chi connectivity index (χ0n) is 7.45. The lowest BCUT2D eigenvalue weighted by atomic mass is 10.4. The first kappa shape index (κ1) is 8.49. The molecular formula is C8H7N5O. The minimum atomic E-state index is -0.171. The Kier molecular flexibility index (Phi) is 2.02. The maximum absolute atomic E-state index is 11.1. The van der Waals surface area contributed by atoms with Crippen LogP contribution in [0, 0.1) is 0 Å². The minimum Gasteiger partial charge on any atom is -0.291 e. The summed E-state index contributed by atoms with van der Waals surface area (Å²) in [5, 5.41) is 3.87. The van der Waals surface area contributed by atoms with Gasteiger partial charge in [0.05, 0.1) is 0 Å². The lowest BCUT2D eigenvalue weighted by Crippen LogP contribution is -2.10. The van der Waals surface area contributed by atoms with E-state index in [1.165, 1.54) is 17.9 Å². The maximum Gasteiger partial charge on any atom is 0.252 e. The van der Waals surface area contributed by atoms with Crippen LogP contribution in [0.25, 0.3) is 5.95 Å². The molecule has 6 heteroatoms. The fourth-order valence-electron chi connectivity index (χ4n) is 1.03. The van der Waals surface area contributed by atoms with E-state index in [0.29, 0.717) is 5.95 Å². The summed E-state index contributed by atoms with van der Waals surface area (Å²) in [7, 11) is 0. The van der Waals surface area contributed by atoms with Gasteiger partial charge in [-0.15, -0.1) is 0 Å². The minimum absolute atomic E-state index is 0.171. The van der Waals surface area contributed by atoms with E-state index >= 15 is 0 Å². The molecule has 6 nitrogen and oxygen atoms in total. The van der Waals surface area contributed by atoms with Gasteiger partial charge in [0.15, 0.2) is 5.78 Å². The molecule has 2 aromatic heterocycles. The predicted molar refractivity (Wildman–Crippen MR) is 47.0 cm³/mol. The Morgan fingerprint density at radius 2 is 2.00 bits per heavy atom. The van der Waals surface area contributed by atoms with Crippen LogP contribution in [0.15, 0.2) is 24.8 Å². The highest BCUT2D eigenvalue weighted by molar-refractivity contribution is 5.90. The first-order chi connectivity index (χ1) is 6.79. The Labute approximate surface area is 79.6 Å². The van der Waals surface area contributed by atoms with Crippen LogP contribution in [0.1, 0.15) is 17.5 Å². The molecule has 0 amide bonds. The van der Waals surface area contributed by atoms with Crippen LogP contribution in [0.5, 0.6) is 0 Å². The Morgan fingerprint density at radius 3 is 2.64 bits per heavy atom. The first-order valence-corrected chi connectivity index (χ1v) is 3.97. The summed E-state index contributed by atoms with van der Waals surface area (Å²) in [6, 6.07) is 1.69. The molecule has 0 aliphatic heterocycles. The Balaban J connectivity index is 2.52. The molecule has 0 atom stereocenters. The molecular weight excluding hydrogens is 182 g/mol. The SMILES string of the molecule is CC(=O)c1ncnn1-c1ncccn1. The van der Waals surface area contributed by atoms with E-state index in [9.17, 15) is 4.79 Å². The molecule has 0 saturated carbocycles. The van der Waals surface area contributed by atoms with Crippen molar-refractivity contribution in [3.05, 3.63) is 30.6 Å². The van der Waals surface area contributed by atoms with Gasteiger partial charge >= 0.3 is 0 Å². The van der Waals surface area contributed by atoms with E-state index in [1.54, 1.807) is 18.5 Å². The molecule has 0 spiro atoms. The molecule has 0 unspecified atom stereocenters. The van der Waals surface area contributed by atoms with E-state index < -0.39 is 0 Å². The fraction of sp³-hybridized carbons (Fsp3) is 0.125. The number of aromatic nitrogens is 5. The smallest absolute Gasteiger partial charge is 0.252 e. The Hall–Kier alpha value is -2.11. The van der Waals surface area contributed by atoms with E-state index in [2.05, 4.69) is 20.1 Å². The molecule has 0 fully saturated rings.